The summed E-state index contributed by atoms with van der Waals surface area (Å²) in [4.78, 5) is 35.2. The predicted octanol–water partition coefficient (Wildman–Crippen LogP) is 3.01. The van der Waals surface area contributed by atoms with E-state index in [0.29, 0.717) is 5.56 Å². The molecule has 0 saturated carbocycles. The first-order valence-corrected chi connectivity index (χ1v) is 8.94. The van der Waals surface area contributed by atoms with Crippen molar-refractivity contribution in [3.05, 3.63) is 93.3 Å². The number of nitro benzene ring substituents is 1. The van der Waals surface area contributed by atoms with Crippen LogP contribution in [0.2, 0.25) is 0 Å². The molecule has 0 aliphatic heterocycles. The minimum absolute atomic E-state index is 0.139. The van der Waals surface area contributed by atoms with Gasteiger partial charge in [0, 0.05) is 28.7 Å². The highest BCUT2D eigenvalue weighted by Crippen LogP contribution is 2.21. The van der Waals surface area contributed by atoms with Crippen LogP contribution >= 0.6 is 0 Å². The minimum atomic E-state index is -0.551. The smallest absolute Gasteiger partial charge is 0.273 e. The fourth-order valence-electron chi connectivity index (χ4n) is 3.22. The summed E-state index contributed by atoms with van der Waals surface area (Å²) in [5, 5.41) is 11.0. The topological polar surface area (TPSA) is 106 Å². The van der Waals surface area contributed by atoms with E-state index in [2.05, 4.69) is 10.9 Å². The number of nitro groups is 1. The van der Waals surface area contributed by atoms with E-state index in [1.165, 1.54) is 18.2 Å². The maximum absolute atomic E-state index is 12.5. The highest BCUT2D eigenvalue weighted by molar-refractivity contribution is 5.97. The quantitative estimate of drug-likeness (QED) is 0.514. The van der Waals surface area contributed by atoms with E-state index >= 15 is 0 Å². The van der Waals surface area contributed by atoms with Gasteiger partial charge < -0.3 is 4.57 Å². The zero-order chi connectivity index (χ0) is 21.0. The standard InChI is InChI=1S/C21H20N4O4/c1-14-12-18(15(2)24(14)17-9-4-3-5-10-17)21(27)23-22-20(26)13-16-8-6-7-11-19(16)25(28)29/h3-12H,13H2,1-2H3,(H,22,26)(H,23,27). The van der Waals surface area contributed by atoms with Crippen LogP contribution in [0.3, 0.4) is 0 Å². The molecular formula is C21H20N4O4. The van der Waals surface area contributed by atoms with Crippen LogP contribution in [0.15, 0.2) is 60.7 Å². The molecule has 148 valence electrons. The average Bonchev–Trinajstić information content (AvgIpc) is 3.01. The number of rotatable bonds is 5. The van der Waals surface area contributed by atoms with Crippen LogP contribution in [-0.4, -0.2) is 21.3 Å². The molecule has 2 amide bonds. The van der Waals surface area contributed by atoms with Gasteiger partial charge in [-0.1, -0.05) is 36.4 Å². The third-order valence-corrected chi connectivity index (χ3v) is 4.54. The second-order valence-electron chi connectivity index (χ2n) is 6.52. The average molecular weight is 392 g/mol. The van der Waals surface area contributed by atoms with E-state index in [4.69, 9.17) is 0 Å². The van der Waals surface area contributed by atoms with Crippen molar-refractivity contribution in [1.29, 1.82) is 0 Å². The van der Waals surface area contributed by atoms with Crippen molar-refractivity contribution in [2.75, 3.05) is 0 Å². The molecule has 8 nitrogen and oxygen atoms in total. The molecule has 0 bridgehead atoms. The van der Waals surface area contributed by atoms with Crippen molar-refractivity contribution >= 4 is 17.5 Å². The summed E-state index contributed by atoms with van der Waals surface area (Å²) in [6.45, 7) is 3.72. The second-order valence-corrected chi connectivity index (χ2v) is 6.52. The fourth-order valence-corrected chi connectivity index (χ4v) is 3.22. The number of aromatic nitrogens is 1. The number of amides is 2. The number of hydrogen-bond acceptors (Lipinski definition) is 4. The summed E-state index contributed by atoms with van der Waals surface area (Å²) in [6, 6.07) is 17.4. The molecule has 1 heterocycles. The first-order chi connectivity index (χ1) is 13.9. The molecule has 2 N–H and O–H groups in total. The molecule has 3 aromatic rings. The monoisotopic (exact) mass is 392 g/mol. The van der Waals surface area contributed by atoms with Gasteiger partial charge in [-0.15, -0.1) is 0 Å². The van der Waals surface area contributed by atoms with Crippen molar-refractivity contribution < 1.29 is 14.5 Å². The van der Waals surface area contributed by atoms with E-state index in [1.54, 1.807) is 12.1 Å². The molecule has 0 unspecified atom stereocenters. The lowest BCUT2D eigenvalue weighted by Crippen LogP contribution is -2.42. The predicted molar refractivity (Wildman–Crippen MR) is 108 cm³/mol. The van der Waals surface area contributed by atoms with E-state index in [0.717, 1.165) is 17.1 Å². The van der Waals surface area contributed by atoms with Crippen LogP contribution in [-0.2, 0) is 11.2 Å². The molecule has 3 rings (SSSR count). The number of nitrogens with one attached hydrogen (secondary N) is 2. The Morgan fingerprint density at radius 2 is 1.66 bits per heavy atom. The Balaban J connectivity index is 1.69. The minimum Gasteiger partial charge on any atom is -0.318 e. The number of carbonyl (C=O) groups is 2. The molecule has 0 saturated heterocycles. The van der Waals surface area contributed by atoms with E-state index in [9.17, 15) is 19.7 Å². The number of nitrogens with zero attached hydrogens (tertiary/aromatic N) is 2. The molecule has 0 radical (unpaired) electrons. The fraction of sp³-hybridized carbons (Fsp3) is 0.143. The molecule has 8 heteroatoms. The Hall–Kier alpha value is -3.94. The highest BCUT2D eigenvalue weighted by atomic mass is 16.6. The number of carbonyl (C=O) groups excluding carboxylic acids is 2. The van der Waals surface area contributed by atoms with Gasteiger partial charge in [0.15, 0.2) is 0 Å². The van der Waals surface area contributed by atoms with Crippen molar-refractivity contribution in [1.82, 2.24) is 15.4 Å². The number of benzene rings is 2. The summed E-state index contributed by atoms with van der Waals surface area (Å²) in [5.41, 5.74) is 7.81. The molecule has 0 spiro atoms. The van der Waals surface area contributed by atoms with Crippen molar-refractivity contribution in [3.63, 3.8) is 0 Å². The maximum atomic E-state index is 12.5. The van der Waals surface area contributed by atoms with Crippen LogP contribution in [0.5, 0.6) is 0 Å². The zero-order valence-electron chi connectivity index (χ0n) is 16.0. The summed E-state index contributed by atoms with van der Waals surface area (Å²) >= 11 is 0. The van der Waals surface area contributed by atoms with Gasteiger partial charge in [0.05, 0.1) is 16.9 Å². The van der Waals surface area contributed by atoms with E-state index in [-0.39, 0.29) is 17.7 Å². The summed E-state index contributed by atoms with van der Waals surface area (Å²) in [7, 11) is 0. The van der Waals surface area contributed by atoms with E-state index in [1.807, 2.05) is 48.7 Å². The summed E-state index contributed by atoms with van der Waals surface area (Å²) in [6.07, 6.45) is -0.222. The van der Waals surface area contributed by atoms with Crippen molar-refractivity contribution in [2.24, 2.45) is 0 Å². The Labute approximate surface area is 167 Å². The van der Waals surface area contributed by atoms with Gasteiger partial charge in [-0.3, -0.25) is 30.6 Å². The lowest BCUT2D eigenvalue weighted by atomic mass is 10.1. The van der Waals surface area contributed by atoms with Crippen LogP contribution in [0.1, 0.15) is 27.3 Å². The van der Waals surface area contributed by atoms with Crippen LogP contribution < -0.4 is 10.9 Å². The third kappa shape index (κ3) is 4.32. The van der Waals surface area contributed by atoms with Gasteiger partial charge in [-0.25, -0.2) is 0 Å². The van der Waals surface area contributed by atoms with Crippen molar-refractivity contribution in [3.8, 4) is 5.69 Å². The number of para-hydroxylation sites is 2. The lowest BCUT2D eigenvalue weighted by molar-refractivity contribution is -0.385. The molecule has 2 aromatic carbocycles. The highest BCUT2D eigenvalue weighted by Gasteiger charge is 2.19. The summed E-state index contributed by atoms with van der Waals surface area (Å²) in [5.74, 6) is -1.01. The van der Waals surface area contributed by atoms with Crippen LogP contribution in [0.25, 0.3) is 5.69 Å². The van der Waals surface area contributed by atoms with Gasteiger partial charge in [-0.2, -0.15) is 0 Å². The normalized spacial score (nSPS) is 10.4. The van der Waals surface area contributed by atoms with Gasteiger partial charge in [-0.05, 0) is 32.0 Å². The number of hydrazine groups is 1. The SMILES string of the molecule is Cc1cc(C(=O)NNC(=O)Cc2ccccc2[N+](=O)[O-])c(C)n1-c1ccccc1. The molecule has 1 aromatic heterocycles. The molecule has 0 fully saturated rings. The summed E-state index contributed by atoms with van der Waals surface area (Å²) < 4.78 is 1.95. The van der Waals surface area contributed by atoms with Crippen LogP contribution in [0, 0.1) is 24.0 Å². The molecule has 0 atom stereocenters. The van der Waals surface area contributed by atoms with Gasteiger partial charge in [0.1, 0.15) is 0 Å². The van der Waals surface area contributed by atoms with Gasteiger partial charge in [0.2, 0.25) is 5.91 Å². The Morgan fingerprint density at radius 1 is 1.00 bits per heavy atom. The largest absolute Gasteiger partial charge is 0.318 e. The third-order valence-electron chi connectivity index (χ3n) is 4.54. The number of hydrogen-bond donors (Lipinski definition) is 2. The Morgan fingerprint density at radius 3 is 2.34 bits per heavy atom. The molecule has 29 heavy (non-hydrogen) atoms. The molecular weight excluding hydrogens is 372 g/mol. The van der Waals surface area contributed by atoms with Crippen molar-refractivity contribution in [2.45, 2.75) is 20.3 Å². The first-order valence-electron chi connectivity index (χ1n) is 8.94. The Kier molecular flexibility index (Phi) is 5.73. The van der Waals surface area contributed by atoms with Crippen LogP contribution in [0.4, 0.5) is 5.69 Å². The lowest BCUT2D eigenvalue weighted by Gasteiger charge is -2.10. The zero-order valence-corrected chi connectivity index (χ0v) is 16.0. The maximum Gasteiger partial charge on any atom is 0.273 e. The first kappa shape index (κ1) is 19.8. The van der Waals surface area contributed by atoms with E-state index < -0.39 is 16.7 Å². The van der Waals surface area contributed by atoms with Gasteiger partial charge >= 0.3 is 0 Å². The second kappa shape index (κ2) is 8.39. The molecule has 0 aliphatic rings. The number of aryl methyl sites for hydroxylation is 1. The molecule has 0 aliphatic carbocycles. The Bertz CT molecular complexity index is 1070. The van der Waals surface area contributed by atoms with Gasteiger partial charge in [0.25, 0.3) is 11.6 Å².